The van der Waals surface area contributed by atoms with Crippen molar-refractivity contribution in [3.63, 3.8) is 0 Å². The van der Waals surface area contributed by atoms with Crippen LogP contribution >= 0.6 is 0 Å². The Morgan fingerprint density at radius 1 is 0.975 bits per heavy atom. The molecular formula is C27H41N7O6. The van der Waals surface area contributed by atoms with Crippen LogP contribution in [-0.4, -0.2) is 74.6 Å². The van der Waals surface area contributed by atoms with E-state index in [2.05, 4.69) is 25.9 Å². The molecule has 0 fully saturated rings. The van der Waals surface area contributed by atoms with Gasteiger partial charge in [0.2, 0.25) is 17.7 Å². The van der Waals surface area contributed by atoms with Gasteiger partial charge in [0, 0.05) is 24.7 Å². The Morgan fingerprint density at radius 2 is 1.65 bits per heavy atom. The number of rotatable bonds is 17. The second kappa shape index (κ2) is 16.2. The summed E-state index contributed by atoms with van der Waals surface area (Å²) < 4.78 is 0. The van der Waals surface area contributed by atoms with Crippen molar-refractivity contribution >= 4 is 23.7 Å². The van der Waals surface area contributed by atoms with E-state index in [4.69, 9.17) is 11.5 Å². The SMILES string of the molecule is CCC(C)C(NC(=O)C(Cc1ccc(O)cc1)NC(=O)C(N)CCCCN)C(=O)NC(Cc1cnc[nH]1)C(=O)O. The van der Waals surface area contributed by atoms with Crippen LogP contribution in [0.15, 0.2) is 36.8 Å². The van der Waals surface area contributed by atoms with E-state index in [1.807, 2.05) is 6.92 Å². The van der Waals surface area contributed by atoms with Crippen LogP contribution in [-0.2, 0) is 32.0 Å². The summed E-state index contributed by atoms with van der Waals surface area (Å²) in [6.07, 6.45) is 5.18. The number of H-pyrrole nitrogens is 1. The molecule has 2 rings (SSSR count). The van der Waals surface area contributed by atoms with E-state index < -0.39 is 47.9 Å². The summed E-state index contributed by atoms with van der Waals surface area (Å²) >= 11 is 0. The number of carboxylic acid groups (broad SMARTS) is 1. The summed E-state index contributed by atoms with van der Waals surface area (Å²) in [7, 11) is 0. The number of phenolic OH excluding ortho intramolecular Hbond substituents is 1. The molecule has 0 radical (unpaired) electrons. The van der Waals surface area contributed by atoms with Gasteiger partial charge in [-0.25, -0.2) is 9.78 Å². The number of amides is 3. The number of nitrogens with two attached hydrogens (primary N) is 2. The normalized spacial score (nSPS) is 14.8. The number of carbonyl (C=O) groups is 4. The number of aromatic hydroxyl groups is 1. The Morgan fingerprint density at radius 3 is 2.23 bits per heavy atom. The molecule has 3 amide bonds. The Hall–Kier alpha value is -3.97. The summed E-state index contributed by atoms with van der Waals surface area (Å²) in [4.78, 5) is 58.1. The highest BCUT2D eigenvalue weighted by molar-refractivity contribution is 5.94. The lowest BCUT2D eigenvalue weighted by atomic mass is 9.96. The van der Waals surface area contributed by atoms with Crippen molar-refractivity contribution in [2.24, 2.45) is 17.4 Å². The highest BCUT2D eigenvalue weighted by atomic mass is 16.4. The quantitative estimate of drug-likeness (QED) is 0.121. The zero-order chi connectivity index (χ0) is 29.7. The number of carbonyl (C=O) groups excluding carboxylic acids is 3. The molecule has 5 atom stereocenters. The summed E-state index contributed by atoms with van der Waals surface area (Å²) in [6, 6.07) is 1.90. The molecule has 0 aliphatic rings. The first-order valence-corrected chi connectivity index (χ1v) is 13.4. The highest BCUT2D eigenvalue weighted by Gasteiger charge is 2.33. The van der Waals surface area contributed by atoms with E-state index >= 15 is 0 Å². The van der Waals surface area contributed by atoms with Gasteiger partial charge in [-0.1, -0.05) is 38.8 Å². The molecule has 220 valence electrons. The van der Waals surface area contributed by atoms with Gasteiger partial charge in [0.1, 0.15) is 23.9 Å². The molecule has 1 aromatic heterocycles. The van der Waals surface area contributed by atoms with Crippen LogP contribution < -0.4 is 27.4 Å². The van der Waals surface area contributed by atoms with Gasteiger partial charge >= 0.3 is 5.97 Å². The fourth-order valence-corrected chi connectivity index (χ4v) is 4.03. The smallest absolute Gasteiger partial charge is 0.326 e. The Labute approximate surface area is 233 Å². The maximum Gasteiger partial charge on any atom is 0.326 e. The molecule has 1 aromatic carbocycles. The first-order chi connectivity index (χ1) is 19.0. The third-order valence-electron chi connectivity index (χ3n) is 6.70. The Balaban J connectivity index is 2.21. The largest absolute Gasteiger partial charge is 0.508 e. The fourth-order valence-electron chi connectivity index (χ4n) is 4.03. The summed E-state index contributed by atoms with van der Waals surface area (Å²) in [6.45, 7) is 4.08. The minimum Gasteiger partial charge on any atom is -0.508 e. The minimum atomic E-state index is -1.25. The Bertz CT molecular complexity index is 1090. The minimum absolute atomic E-state index is 0.0240. The van der Waals surface area contributed by atoms with Gasteiger partial charge in [-0.3, -0.25) is 14.4 Å². The van der Waals surface area contributed by atoms with Crippen molar-refractivity contribution in [3.8, 4) is 5.75 Å². The number of aromatic amines is 1. The number of aliphatic carboxylic acids is 1. The fraction of sp³-hybridized carbons (Fsp3) is 0.519. The molecule has 1 heterocycles. The third-order valence-corrected chi connectivity index (χ3v) is 6.70. The van der Waals surface area contributed by atoms with Crippen LogP contribution in [0.5, 0.6) is 5.75 Å². The number of aromatic nitrogens is 2. The molecule has 13 heteroatoms. The molecule has 10 N–H and O–H groups in total. The lowest BCUT2D eigenvalue weighted by Crippen LogP contribution is -2.59. The second-order valence-corrected chi connectivity index (χ2v) is 9.87. The van der Waals surface area contributed by atoms with E-state index in [9.17, 15) is 29.4 Å². The monoisotopic (exact) mass is 559 g/mol. The number of unbranched alkanes of at least 4 members (excludes halogenated alkanes) is 1. The molecule has 0 aliphatic heterocycles. The average Bonchev–Trinajstić information content (AvgIpc) is 3.44. The Kier molecular flexibility index (Phi) is 13.1. The lowest BCUT2D eigenvalue weighted by Gasteiger charge is -2.28. The number of nitrogens with one attached hydrogen (secondary N) is 4. The van der Waals surface area contributed by atoms with E-state index in [1.54, 1.807) is 19.1 Å². The first kappa shape index (κ1) is 32.2. The number of benzene rings is 1. The molecule has 0 saturated heterocycles. The number of nitrogens with zero attached hydrogens (tertiary/aromatic N) is 1. The van der Waals surface area contributed by atoms with Gasteiger partial charge in [0.15, 0.2) is 0 Å². The van der Waals surface area contributed by atoms with Gasteiger partial charge in [0.05, 0.1) is 12.4 Å². The lowest BCUT2D eigenvalue weighted by molar-refractivity contribution is -0.142. The van der Waals surface area contributed by atoms with Crippen LogP contribution in [0, 0.1) is 5.92 Å². The molecule has 2 aromatic rings. The van der Waals surface area contributed by atoms with Gasteiger partial charge in [-0.15, -0.1) is 0 Å². The van der Waals surface area contributed by atoms with Crippen molar-refractivity contribution in [3.05, 3.63) is 48.0 Å². The topological polar surface area (TPSA) is 226 Å². The molecular weight excluding hydrogens is 518 g/mol. The zero-order valence-corrected chi connectivity index (χ0v) is 22.9. The maximum absolute atomic E-state index is 13.5. The number of hydrogen-bond acceptors (Lipinski definition) is 8. The van der Waals surface area contributed by atoms with Gasteiger partial charge in [0.25, 0.3) is 0 Å². The van der Waals surface area contributed by atoms with Crippen LogP contribution in [0.2, 0.25) is 0 Å². The van der Waals surface area contributed by atoms with Crippen LogP contribution in [0.4, 0.5) is 0 Å². The van der Waals surface area contributed by atoms with Gasteiger partial charge in [-0.2, -0.15) is 0 Å². The average molecular weight is 560 g/mol. The molecule has 0 aliphatic carbocycles. The van der Waals surface area contributed by atoms with E-state index in [-0.39, 0.29) is 24.5 Å². The van der Waals surface area contributed by atoms with E-state index in [0.29, 0.717) is 43.5 Å². The number of carboxylic acids is 1. The van der Waals surface area contributed by atoms with Crippen LogP contribution in [0.1, 0.15) is 50.8 Å². The third kappa shape index (κ3) is 10.3. The van der Waals surface area contributed by atoms with Crippen molar-refractivity contribution in [2.75, 3.05) is 6.54 Å². The van der Waals surface area contributed by atoms with Crippen LogP contribution in [0.25, 0.3) is 0 Å². The summed E-state index contributed by atoms with van der Waals surface area (Å²) in [5, 5.41) is 27.2. The van der Waals surface area contributed by atoms with Gasteiger partial charge < -0.3 is 42.6 Å². The summed E-state index contributed by atoms with van der Waals surface area (Å²) in [5.74, 6) is -3.36. The standard InChI is InChI=1S/C27H41N7O6/c1-3-16(2)23(26(38)33-22(27(39)40)13-18-14-30-15-31-18)34-25(37)21(12-17-7-9-19(35)10-8-17)32-24(36)20(29)6-4-5-11-28/h7-10,14-16,20-23,35H,3-6,11-13,28-29H2,1-2H3,(H,30,31)(H,32,36)(H,33,38)(H,34,37)(H,39,40). The van der Waals surface area contributed by atoms with Crippen molar-refractivity contribution in [2.45, 2.75) is 76.5 Å². The predicted octanol–water partition coefficient (Wildman–Crippen LogP) is -0.0581. The van der Waals surface area contributed by atoms with E-state index in [1.165, 1.54) is 24.7 Å². The molecule has 40 heavy (non-hydrogen) atoms. The number of hydrogen-bond donors (Lipinski definition) is 8. The maximum atomic E-state index is 13.5. The first-order valence-electron chi connectivity index (χ1n) is 13.4. The molecule has 0 saturated carbocycles. The molecule has 13 nitrogen and oxygen atoms in total. The summed E-state index contributed by atoms with van der Waals surface area (Å²) in [5.41, 5.74) is 12.7. The predicted molar refractivity (Wildman–Crippen MR) is 148 cm³/mol. The molecule has 0 bridgehead atoms. The number of imidazole rings is 1. The van der Waals surface area contributed by atoms with E-state index in [0.717, 1.165) is 0 Å². The second-order valence-electron chi connectivity index (χ2n) is 9.87. The van der Waals surface area contributed by atoms with Crippen molar-refractivity contribution in [1.29, 1.82) is 0 Å². The highest BCUT2D eigenvalue weighted by Crippen LogP contribution is 2.14. The zero-order valence-electron chi connectivity index (χ0n) is 22.9. The number of phenols is 1. The molecule has 0 spiro atoms. The van der Waals surface area contributed by atoms with Crippen molar-refractivity contribution in [1.82, 2.24) is 25.9 Å². The molecule has 5 unspecified atom stereocenters. The van der Waals surface area contributed by atoms with Gasteiger partial charge in [-0.05, 0) is 43.0 Å². The van der Waals surface area contributed by atoms with Crippen molar-refractivity contribution < 1.29 is 29.4 Å². The van der Waals surface area contributed by atoms with Crippen LogP contribution in [0.3, 0.4) is 0 Å².